The Morgan fingerprint density at radius 1 is 1.50 bits per heavy atom. The fraction of sp³-hybridized carbons (Fsp3) is 1.00. The normalized spacial score (nSPS) is 22.2. The highest BCUT2D eigenvalue weighted by molar-refractivity contribution is 4.79. The Bertz CT molecular complexity index is 121. The number of nitrogens with one attached hydrogen (secondary N) is 1. The molecule has 2 nitrogen and oxygen atoms in total. The Morgan fingerprint density at radius 3 is 2.58 bits per heavy atom. The first-order valence-electron chi connectivity index (χ1n) is 5.13. The maximum absolute atomic E-state index is 9.08. The zero-order chi connectivity index (χ0) is 8.97. The zero-order valence-corrected chi connectivity index (χ0v) is 8.21. The van der Waals surface area contributed by atoms with E-state index in [0.717, 1.165) is 12.5 Å². The largest absolute Gasteiger partial charge is 0.392 e. The molecular weight excluding hydrogens is 150 g/mol. The lowest BCUT2D eigenvalue weighted by atomic mass is 10.1. The standard InChI is InChI=1S/C10H21NO/c1-3-10(6-9-4-5-9)11-7-8(2)12/h8-12H,3-7H2,1-2H3/t8-,10?/m0/s1. The molecule has 0 radical (unpaired) electrons. The van der Waals surface area contributed by atoms with E-state index in [9.17, 15) is 0 Å². The molecule has 1 rings (SSSR count). The van der Waals surface area contributed by atoms with Gasteiger partial charge in [-0.2, -0.15) is 0 Å². The topological polar surface area (TPSA) is 32.3 Å². The van der Waals surface area contributed by atoms with Gasteiger partial charge in [0, 0.05) is 12.6 Å². The molecule has 0 saturated heterocycles. The molecule has 2 atom stereocenters. The third kappa shape index (κ3) is 4.07. The van der Waals surface area contributed by atoms with Gasteiger partial charge >= 0.3 is 0 Å². The summed E-state index contributed by atoms with van der Waals surface area (Å²) in [5, 5.41) is 12.5. The highest BCUT2D eigenvalue weighted by atomic mass is 16.3. The van der Waals surface area contributed by atoms with Crippen LogP contribution in [-0.2, 0) is 0 Å². The van der Waals surface area contributed by atoms with E-state index in [4.69, 9.17) is 5.11 Å². The number of aliphatic hydroxyl groups excluding tert-OH is 1. The van der Waals surface area contributed by atoms with Gasteiger partial charge in [-0.3, -0.25) is 0 Å². The summed E-state index contributed by atoms with van der Waals surface area (Å²) in [6.45, 7) is 4.78. The Morgan fingerprint density at radius 2 is 2.17 bits per heavy atom. The molecule has 72 valence electrons. The monoisotopic (exact) mass is 171 g/mol. The van der Waals surface area contributed by atoms with Gasteiger partial charge in [0.05, 0.1) is 6.10 Å². The van der Waals surface area contributed by atoms with Crippen LogP contribution < -0.4 is 5.32 Å². The van der Waals surface area contributed by atoms with Crippen LogP contribution in [0.15, 0.2) is 0 Å². The van der Waals surface area contributed by atoms with Gasteiger partial charge in [0.1, 0.15) is 0 Å². The van der Waals surface area contributed by atoms with Crippen LogP contribution in [0.2, 0.25) is 0 Å². The SMILES string of the molecule is CCC(CC1CC1)NC[C@H](C)O. The van der Waals surface area contributed by atoms with E-state index in [2.05, 4.69) is 12.2 Å². The maximum atomic E-state index is 9.08. The Hall–Kier alpha value is -0.0800. The smallest absolute Gasteiger partial charge is 0.0636 e. The van der Waals surface area contributed by atoms with Gasteiger partial charge in [0.15, 0.2) is 0 Å². The summed E-state index contributed by atoms with van der Waals surface area (Å²) in [4.78, 5) is 0. The second-order valence-electron chi connectivity index (χ2n) is 4.04. The fourth-order valence-corrected chi connectivity index (χ4v) is 1.49. The van der Waals surface area contributed by atoms with E-state index in [0.29, 0.717) is 6.04 Å². The summed E-state index contributed by atoms with van der Waals surface area (Å²) in [7, 11) is 0. The van der Waals surface area contributed by atoms with Crippen LogP contribution in [0, 0.1) is 5.92 Å². The molecule has 1 saturated carbocycles. The van der Waals surface area contributed by atoms with Crippen molar-refractivity contribution >= 4 is 0 Å². The second-order valence-corrected chi connectivity index (χ2v) is 4.04. The third-order valence-electron chi connectivity index (χ3n) is 2.51. The van der Waals surface area contributed by atoms with E-state index in [1.165, 1.54) is 25.7 Å². The van der Waals surface area contributed by atoms with Crippen molar-refractivity contribution in [2.45, 2.75) is 51.7 Å². The quantitative estimate of drug-likeness (QED) is 0.635. The average Bonchev–Trinajstić information content (AvgIpc) is 2.81. The molecule has 1 fully saturated rings. The molecule has 0 aromatic heterocycles. The van der Waals surface area contributed by atoms with Gasteiger partial charge < -0.3 is 10.4 Å². The molecule has 1 unspecified atom stereocenters. The molecule has 0 aromatic rings. The lowest BCUT2D eigenvalue weighted by Gasteiger charge is -2.17. The van der Waals surface area contributed by atoms with Crippen LogP contribution in [0.5, 0.6) is 0 Å². The van der Waals surface area contributed by atoms with Gasteiger partial charge in [-0.15, -0.1) is 0 Å². The van der Waals surface area contributed by atoms with Crippen LogP contribution in [0.4, 0.5) is 0 Å². The second kappa shape index (κ2) is 4.83. The molecule has 0 amide bonds. The van der Waals surface area contributed by atoms with Crippen LogP contribution in [0.3, 0.4) is 0 Å². The molecule has 0 aromatic carbocycles. The predicted octanol–water partition coefficient (Wildman–Crippen LogP) is 1.54. The molecule has 0 aliphatic heterocycles. The minimum absolute atomic E-state index is 0.210. The molecule has 0 spiro atoms. The minimum Gasteiger partial charge on any atom is -0.392 e. The third-order valence-corrected chi connectivity index (χ3v) is 2.51. The summed E-state index contributed by atoms with van der Waals surface area (Å²) in [5.41, 5.74) is 0. The highest BCUT2D eigenvalue weighted by Crippen LogP contribution is 2.33. The summed E-state index contributed by atoms with van der Waals surface area (Å²) in [6, 6.07) is 0.632. The molecule has 12 heavy (non-hydrogen) atoms. The summed E-state index contributed by atoms with van der Waals surface area (Å²) >= 11 is 0. The zero-order valence-electron chi connectivity index (χ0n) is 8.21. The van der Waals surface area contributed by atoms with Crippen molar-refractivity contribution in [2.24, 2.45) is 5.92 Å². The van der Waals surface area contributed by atoms with Crippen molar-refractivity contribution < 1.29 is 5.11 Å². The predicted molar refractivity (Wildman–Crippen MR) is 51.1 cm³/mol. The first-order chi connectivity index (χ1) is 5.72. The Labute approximate surface area is 75.4 Å². The number of hydrogen-bond acceptors (Lipinski definition) is 2. The molecule has 1 aliphatic rings. The lowest BCUT2D eigenvalue weighted by Crippen LogP contribution is -2.34. The van der Waals surface area contributed by atoms with E-state index >= 15 is 0 Å². The first kappa shape index (κ1) is 10.0. The Balaban J connectivity index is 2.06. The van der Waals surface area contributed by atoms with E-state index in [1.54, 1.807) is 0 Å². The van der Waals surface area contributed by atoms with Gasteiger partial charge in [0.2, 0.25) is 0 Å². The number of rotatable bonds is 6. The van der Waals surface area contributed by atoms with Crippen LogP contribution in [0.1, 0.15) is 39.5 Å². The van der Waals surface area contributed by atoms with Crippen molar-refractivity contribution in [1.82, 2.24) is 5.32 Å². The average molecular weight is 171 g/mol. The summed E-state index contributed by atoms with van der Waals surface area (Å²) in [6.07, 6.45) is 5.13. The number of hydrogen-bond donors (Lipinski definition) is 2. The highest BCUT2D eigenvalue weighted by Gasteiger charge is 2.24. The minimum atomic E-state index is -0.210. The summed E-state index contributed by atoms with van der Waals surface area (Å²) in [5.74, 6) is 0.983. The molecular formula is C10H21NO. The lowest BCUT2D eigenvalue weighted by molar-refractivity contribution is 0.184. The molecule has 2 N–H and O–H groups in total. The molecule has 1 aliphatic carbocycles. The van der Waals surface area contributed by atoms with Gasteiger partial charge in [-0.05, 0) is 25.7 Å². The Kier molecular flexibility index (Phi) is 4.02. The van der Waals surface area contributed by atoms with Crippen molar-refractivity contribution in [1.29, 1.82) is 0 Å². The van der Waals surface area contributed by atoms with Crippen LogP contribution in [0.25, 0.3) is 0 Å². The summed E-state index contributed by atoms with van der Waals surface area (Å²) < 4.78 is 0. The van der Waals surface area contributed by atoms with Crippen molar-refractivity contribution in [3.63, 3.8) is 0 Å². The van der Waals surface area contributed by atoms with Gasteiger partial charge in [0.25, 0.3) is 0 Å². The van der Waals surface area contributed by atoms with Crippen molar-refractivity contribution in [3.05, 3.63) is 0 Å². The van der Waals surface area contributed by atoms with Crippen molar-refractivity contribution in [2.75, 3.05) is 6.54 Å². The van der Waals surface area contributed by atoms with Crippen LogP contribution in [-0.4, -0.2) is 23.8 Å². The maximum Gasteiger partial charge on any atom is 0.0636 e. The van der Waals surface area contributed by atoms with Crippen molar-refractivity contribution in [3.8, 4) is 0 Å². The van der Waals surface area contributed by atoms with Gasteiger partial charge in [-0.1, -0.05) is 19.8 Å². The molecule has 0 heterocycles. The number of aliphatic hydroxyl groups is 1. The van der Waals surface area contributed by atoms with Gasteiger partial charge in [-0.25, -0.2) is 0 Å². The van der Waals surface area contributed by atoms with Crippen LogP contribution >= 0.6 is 0 Å². The fourth-order valence-electron chi connectivity index (χ4n) is 1.49. The first-order valence-corrected chi connectivity index (χ1v) is 5.13. The van der Waals surface area contributed by atoms with E-state index < -0.39 is 0 Å². The van der Waals surface area contributed by atoms with E-state index in [1.807, 2.05) is 6.92 Å². The molecule has 2 heteroatoms. The van der Waals surface area contributed by atoms with E-state index in [-0.39, 0.29) is 6.10 Å². The molecule has 0 bridgehead atoms.